The summed E-state index contributed by atoms with van der Waals surface area (Å²) in [6.07, 6.45) is 1.29. The fourth-order valence-electron chi connectivity index (χ4n) is 0.805. The largest absolute Gasteiger partial charge is 0.461 e. The van der Waals surface area contributed by atoms with Crippen LogP contribution in [-0.2, 0) is 4.74 Å². The molecule has 0 spiro atoms. The van der Waals surface area contributed by atoms with Crippen LogP contribution < -0.4 is 4.73 Å². The number of ether oxygens (including phenoxy) is 1. The molecular formula is C7H6BrClNO3+. The summed E-state index contributed by atoms with van der Waals surface area (Å²) in [6, 6.07) is 1.49. The number of hydrogen-bond acceptors (Lipinski definition) is 3. The lowest BCUT2D eigenvalue weighted by molar-refractivity contribution is -0.906. The van der Waals surface area contributed by atoms with Crippen molar-refractivity contribution in [1.29, 1.82) is 0 Å². The molecule has 0 aliphatic rings. The Bertz CT molecular complexity index is 333. The first-order valence-corrected chi connectivity index (χ1v) is 4.41. The number of halogens is 2. The van der Waals surface area contributed by atoms with Crippen molar-refractivity contribution >= 4 is 33.5 Å². The Kier molecular flexibility index (Phi) is 3.11. The van der Waals surface area contributed by atoms with E-state index in [1.165, 1.54) is 19.4 Å². The van der Waals surface area contributed by atoms with Gasteiger partial charge in [-0.1, -0.05) is 11.6 Å². The second-order valence-electron chi connectivity index (χ2n) is 2.19. The first-order valence-electron chi connectivity index (χ1n) is 3.24. The predicted octanol–water partition coefficient (Wildman–Crippen LogP) is 1.41. The minimum atomic E-state index is -0.694. The van der Waals surface area contributed by atoms with Gasteiger partial charge in [0.2, 0.25) is 6.20 Å². The van der Waals surface area contributed by atoms with Crippen LogP contribution in [0.4, 0.5) is 0 Å². The molecule has 4 nitrogen and oxygen atoms in total. The Morgan fingerprint density at radius 3 is 2.85 bits per heavy atom. The van der Waals surface area contributed by atoms with Crippen LogP contribution in [0, 0.1) is 0 Å². The van der Waals surface area contributed by atoms with Gasteiger partial charge in [0, 0.05) is 4.73 Å². The molecule has 1 rings (SSSR count). The van der Waals surface area contributed by atoms with Gasteiger partial charge in [-0.25, -0.2) is 4.79 Å². The molecule has 0 amide bonds. The second kappa shape index (κ2) is 3.93. The van der Waals surface area contributed by atoms with Gasteiger partial charge in [0.25, 0.3) is 0 Å². The van der Waals surface area contributed by atoms with Gasteiger partial charge in [-0.2, -0.15) is 0 Å². The average molecular weight is 267 g/mol. The maximum atomic E-state index is 11.1. The van der Waals surface area contributed by atoms with E-state index in [1.807, 2.05) is 0 Å². The Morgan fingerprint density at radius 2 is 2.38 bits per heavy atom. The zero-order valence-electron chi connectivity index (χ0n) is 6.62. The van der Waals surface area contributed by atoms with Crippen LogP contribution >= 0.6 is 27.5 Å². The van der Waals surface area contributed by atoms with Crippen LogP contribution in [0.3, 0.4) is 0 Å². The van der Waals surface area contributed by atoms with Gasteiger partial charge >= 0.3 is 11.7 Å². The third-order valence-corrected chi connectivity index (χ3v) is 2.07. The highest BCUT2D eigenvalue weighted by atomic mass is 79.9. The van der Waals surface area contributed by atoms with Crippen molar-refractivity contribution in [2.45, 2.75) is 0 Å². The fourth-order valence-corrected chi connectivity index (χ4v) is 1.64. The summed E-state index contributed by atoms with van der Waals surface area (Å²) < 4.78 is 5.59. The van der Waals surface area contributed by atoms with E-state index in [-0.39, 0.29) is 10.7 Å². The fraction of sp³-hybridized carbons (Fsp3) is 0.143. The van der Waals surface area contributed by atoms with Crippen LogP contribution in [0.2, 0.25) is 5.02 Å². The first kappa shape index (κ1) is 10.3. The third kappa shape index (κ3) is 2.10. The molecule has 0 radical (unpaired) electrons. The molecule has 1 aromatic rings. The van der Waals surface area contributed by atoms with Crippen molar-refractivity contribution in [2.24, 2.45) is 0 Å². The molecule has 0 fully saturated rings. The minimum absolute atomic E-state index is 0.104. The molecule has 1 N–H and O–H groups in total. The van der Waals surface area contributed by atoms with E-state index in [0.717, 1.165) is 0 Å². The van der Waals surface area contributed by atoms with E-state index >= 15 is 0 Å². The van der Waals surface area contributed by atoms with Crippen LogP contribution in [-0.4, -0.2) is 18.3 Å². The third-order valence-electron chi connectivity index (χ3n) is 1.34. The van der Waals surface area contributed by atoms with E-state index in [4.69, 9.17) is 11.6 Å². The van der Waals surface area contributed by atoms with E-state index in [9.17, 15) is 10.0 Å². The SMILES string of the molecule is COC(=O)c1c(Cl)cc(Br)c[n+]1O. The predicted molar refractivity (Wildman–Crippen MR) is 47.9 cm³/mol. The molecule has 6 heteroatoms. The number of carbonyl (C=O) groups is 1. The van der Waals surface area contributed by atoms with Gasteiger partial charge in [-0.05, 0) is 22.0 Å². The van der Waals surface area contributed by atoms with E-state index < -0.39 is 5.97 Å². The Balaban J connectivity index is 3.28. The first-order chi connectivity index (χ1) is 6.06. The zero-order chi connectivity index (χ0) is 10.0. The van der Waals surface area contributed by atoms with Crippen molar-refractivity contribution in [1.82, 2.24) is 0 Å². The maximum Gasteiger partial charge on any atom is 0.409 e. The topological polar surface area (TPSA) is 50.4 Å². The second-order valence-corrected chi connectivity index (χ2v) is 3.51. The van der Waals surface area contributed by atoms with Gasteiger partial charge in [0.05, 0.1) is 11.6 Å². The number of carbonyl (C=O) groups excluding carboxylic acids is 1. The molecule has 0 aromatic carbocycles. The van der Waals surface area contributed by atoms with Crippen molar-refractivity contribution in [3.8, 4) is 0 Å². The summed E-state index contributed by atoms with van der Waals surface area (Å²) in [5.74, 6) is -0.694. The number of rotatable bonds is 1. The lowest BCUT2D eigenvalue weighted by Crippen LogP contribution is -2.38. The molecule has 0 saturated heterocycles. The molecule has 0 aliphatic carbocycles. The standard InChI is InChI=1S/C7H6BrClNO3/c1-13-7(11)6-5(9)2-4(8)3-10(6)12/h2-3,12H,1H3/q+1. The molecule has 1 heterocycles. The van der Waals surface area contributed by atoms with Crippen molar-refractivity contribution in [2.75, 3.05) is 7.11 Å². The number of hydrogen-bond donors (Lipinski definition) is 1. The minimum Gasteiger partial charge on any atom is -0.461 e. The smallest absolute Gasteiger partial charge is 0.409 e. The molecule has 0 unspecified atom stereocenters. The van der Waals surface area contributed by atoms with Gasteiger partial charge in [-0.3, -0.25) is 5.21 Å². The Labute approximate surface area is 87.8 Å². The summed E-state index contributed by atoms with van der Waals surface area (Å²) in [7, 11) is 1.21. The van der Waals surface area contributed by atoms with Crippen LogP contribution in [0.1, 0.15) is 10.5 Å². The van der Waals surface area contributed by atoms with Gasteiger partial charge in [0.1, 0.15) is 5.02 Å². The number of pyridine rings is 1. The lowest BCUT2D eigenvalue weighted by Gasteiger charge is -1.97. The average Bonchev–Trinajstić information content (AvgIpc) is 2.02. The number of esters is 1. The van der Waals surface area contributed by atoms with Crippen LogP contribution in [0.15, 0.2) is 16.7 Å². The highest BCUT2D eigenvalue weighted by Crippen LogP contribution is 2.17. The number of aromatic nitrogens is 1. The highest BCUT2D eigenvalue weighted by molar-refractivity contribution is 9.10. The van der Waals surface area contributed by atoms with E-state index in [2.05, 4.69) is 20.7 Å². The van der Waals surface area contributed by atoms with E-state index in [1.54, 1.807) is 0 Å². The van der Waals surface area contributed by atoms with Crippen molar-refractivity contribution < 1.29 is 19.5 Å². The lowest BCUT2D eigenvalue weighted by atomic mass is 10.3. The van der Waals surface area contributed by atoms with Crippen molar-refractivity contribution in [3.63, 3.8) is 0 Å². The van der Waals surface area contributed by atoms with Crippen LogP contribution in [0.25, 0.3) is 0 Å². The number of nitrogens with zero attached hydrogens (tertiary/aromatic N) is 1. The Morgan fingerprint density at radius 1 is 1.77 bits per heavy atom. The maximum absolute atomic E-state index is 11.1. The van der Waals surface area contributed by atoms with Gasteiger partial charge in [-0.15, -0.1) is 0 Å². The summed E-state index contributed by atoms with van der Waals surface area (Å²) >= 11 is 8.80. The molecule has 0 aliphatic heterocycles. The monoisotopic (exact) mass is 266 g/mol. The number of methoxy groups -OCH3 is 1. The molecule has 0 saturated carbocycles. The summed E-state index contributed by atoms with van der Waals surface area (Å²) in [5.41, 5.74) is -0.104. The van der Waals surface area contributed by atoms with Gasteiger partial charge < -0.3 is 4.74 Å². The molecular weight excluding hydrogens is 261 g/mol. The summed E-state index contributed by atoms with van der Waals surface area (Å²) in [6.45, 7) is 0. The zero-order valence-corrected chi connectivity index (χ0v) is 8.96. The molecule has 0 atom stereocenters. The van der Waals surface area contributed by atoms with E-state index in [0.29, 0.717) is 9.20 Å². The highest BCUT2D eigenvalue weighted by Gasteiger charge is 2.25. The Hall–Kier alpha value is -0.810. The molecule has 1 aromatic heterocycles. The summed E-state index contributed by atoms with van der Waals surface area (Å²) in [4.78, 5) is 11.1. The van der Waals surface area contributed by atoms with Crippen LogP contribution in [0.5, 0.6) is 0 Å². The molecule has 70 valence electrons. The normalized spacial score (nSPS) is 9.77. The van der Waals surface area contributed by atoms with Crippen molar-refractivity contribution in [3.05, 3.63) is 27.5 Å². The molecule has 13 heavy (non-hydrogen) atoms. The van der Waals surface area contributed by atoms with Gasteiger partial charge in [0.15, 0.2) is 0 Å². The molecule has 0 bridgehead atoms. The quantitative estimate of drug-likeness (QED) is 0.475. The summed E-state index contributed by atoms with van der Waals surface area (Å²) in [5, 5.41) is 9.39.